The smallest absolute Gasteiger partial charge is 0.339 e. The van der Waals surface area contributed by atoms with E-state index in [4.69, 9.17) is 4.74 Å². The first kappa shape index (κ1) is 16.9. The number of rotatable bonds is 6. The summed E-state index contributed by atoms with van der Waals surface area (Å²) in [4.78, 5) is 22.6. The Morgan fingerprint density at radius 1 is 1.24 bits per heavy atom. The first-order valence-corrected chi connectivity index (χ1v) is 7.85. The van der Waals surface area contributed by atoms with E-state index in [0.717, 1.165) is 22.9 Å². The molecule has 0 aromatic heterocycles. The number of ether oxygens (including phenoxy) is 1. The van der Waals surface area contributed by atoms with Crippen LogP contribution in [-0.2, 0) is 13.1 Å². The van der Waals surface area contributed by atoms with Crippen LogP contribution in [0.25, 0.3) is 11.5 Å². The van der Waals surface area contributed by atoms with Crippen molar-refractivity contribution in [1.29, 1.82) is 0 Å². The van der Waals surface area contributed by atoms with Crippen molar-refractivity contribution in [2.45, 2.75) is 13.1 Å². The summed E-state index contributed by atoms with van der Waals surface area (Å²) in [6, 6.07) is 8.94. The van der Waals surface area contributed by atoms with Gasteiger partial charge in [0.15, 0.2) is 5.82 Å². The lowest BCUT2D eigenvalue weighted by Crippen LogP contribution is -2.11. The van der Waals surface area contributed by atoms with Gasteiger partial charge in [0.05, 0.1) is 20.2 Å². The molecule has 7 nitrogen and oxygen atoms in total. The highest BCUT2D eigenvalue weighted by atomic mass is 16.5. The third-order valence-corrected chi connectivity index (χ3v) is 3.84. The molecule has 0 atom stereocenters. The summed E-state index contributed by atoms with van der Waals surface area (Å²) < 4.78 is 7.29. The molecule has 0 amide bonds. The zero-order valence-electron chi connectivity index (χ0n) is 14.4. The summed E-state index contributed by atoms with van der Waals surface area (Å²) in [5.41, 5.74) is 1.74. The van der Waals surface area contributed by atoms with E-state index in [9.17, 15) is 9.90 Å². The van der Waals surface area contributed by atoms with E-state index in [1.807, 2.05) is 48.0 Å². The Bertz CT molecular complexity index is 873. The second-order valence-corrected chi connectivity index (χ2v) is 6.03. The van der Waals surface area contributed by atoms with Gasteiger partial charge in [-0.15, -0.1) is 0 Å². The SMILES string of the molecule is COc1c(Cn2cccc3nc(CN(C)C)nc2-3)cccc1C(=O)O. The molecule has 0 aliphatic carbocycles. The van der Waals surface area contributed by atoms with Gasteiger partial charge < -0.3 is 19.3 Å². The maximum absolute atomic E-state index is 11.4. The maximum atomic E-state index is 11.4. The fourth-order valence-electron chi connectivity index (χ4n) is 2.81. The standard InChI is InChI=1S/C18H20N4O3/c1-21(2)11-15-19-14-8-5-9-22(17(14)20-15)10-12-6-4-7-13(18(23)24)16(12)25-3/h4-9H,10-11H2,1-3H3,(H,23,24). The fraction of sp³-hybridized carbons (Fsp3) is 0.278. The summed E-state index contributed by atoms with van der Waals surface area (Å²) in [7, 11) is 5.42. The van der Waals surface area contributed by atoms with Crippen LogP contribution in [0.3, 0.4) is 0 Å². The lowest BCUT2D eigenvalue weighted by molar-refractivity contribution is 0.0693. The van der Waals surface area contributed by atoms with E-state index in [1.54, 1.807) is 6.07 Å². The van der Waals surface area contributed by atoms with Crippen LogP contribution in [0.5, 0.6) is 5.75 Å². The second-order valence-electron chi connectivity index (χ2n) is 6.03. The van der Waals surface area contributed by atoms with Gasteiger partial charge in [0.1, 0.15) is 22.8 Å². The van der Waals surface area contributed by atoms with Gasteiger partial charge >= 0.3 is 5.97 Å². The Balaban J connectivity index is 2.00. The Kier molecular flexibility index (Phi) is 4.67. The van der Waals surface area contributed by atoms with Gasteiger partial charge in [-0.25, -0.2) is 14.8 Å². The first-order chi connectivity index (χ1) is 12.0. The molecule has 1 N–H and O–H groups in total. The number of benzene rings is 1. The van der Waals surface area contributed by atoms with Crippen molar-refractivity contribution < 1.29 is 14.6 Å². The molecule has 0 saturated heterocycles. The number of carboxylic acid groups (broad SMARTS) is 1. The number of pyridine rings is 1. The Labute approximate surface area is 145 Å². The highest BCUT2D eigenvalue weighted by Gasteiger charge is 2.18. The van der Waals surface area contributed by atoms with E-state index in [0.29, 0.717) is 18.8 Å². The molecule has 130 valence electrons. The van der Waals surface area contributed by atoms with E-state index in [1.165, 1.54) is 13.2 Å². The highest BCUT2D eigenvalue weighted by molar-refractivity contribution is 5.91. The fourth-order valence-corrected chi connectivity index (χ4v) is 2.81. The van der Waals surface area contributed by atoms with E-state index in [-0.39, 0.29) is 5.56 Å². The monoisotopic (exact) mass is 340 g/mol. The summed E-state index contributed by atoms with van der Waals surface area (Å²) in [6.07, 6.45) is 1.91. The molecule has 7 heteroatoms. The van der Waals surface area contributed by atoms with Crippen LogP contribution in [0, 0.1) is 0 Å². The topological polar surface area (TPSA) is 80.5 Å². The van der Waals surface area contributed by atoms with Crippen LogP contribution in [0.1, 0.15) is 21.7 Å². The minimum Gasteiger partial charge on any atom is -0.495 e. The number of para-hydroxylation sites is 1. The van der Waals surface area contributed by atoms with E-state index in [2.05, 4.69) is 9.97 Å². The number of carbonyl (C=O) groups is 1. The predicted octanol–water partition coefficient (Wildman–Crippen LogP) is 2.20. The Morgan fingerprint density at radius 3 is 2.72 bits per heavy atom. The molecule has 2 aliphatic heterocycles. The second kappa shape index (κ2) is 6.90. The molecular weight excluding hydrogens is 320 g/mol. The van der Waals surface area contributed by atoms with Crippen molar-refractivity contribution in [2.24, 2.45) is 0 Å². The quantitative estimate of drug-likeness (QED) is 0.741. The number of aromatic nitrogens is 3. The van der Waals surface area contributed by atoms with E-state index < -0.39 is 5.97 Å². The number of hydrogen-bond acceptors (Lipinski definition) is 5. The van der Waals surface area contributed by atoms with Gasteiger partial charge in [-0.2, -0.15) is 0 Å². The van der Waals surface area contributed by atoms with Gasteiger partial charge in [-0.1, -0.05) is 12.1 Å². The Hall–Kier alpha value is -2.93. The number of methoxy groups -OCH3 is 1. The van der Waals surface area contributed by atoms with Crippen LogP contribution in [0.4, 0.5) is 0 Å². The number of aromatic carboxylic acids is 1. The number of imidazole rings is 1. The van der Waals surface area contributed by atoms with Crippen LogP contribution >= 0.6 is 0 Å². The van der Waals surface area contributed by atoms with Crippen LogP contribution in [0.2, 0.25) is 0 Å². The zero-order chi connectivity index (χ0) is 18.0. The zero-order valence-corrected chi connectivity index (χ0v) is 14.4. The van der Waals surface area contributed by atoms with Crippen molar-refractivity contribution >= 4 is 5.97 Å². The molecule has 3 rings (SSSR count). The van der Waals surface area contributed by atoms with E-state index >= 15 is 0 Å². The highest BCUT2D eigenvalue weighted by Crippen LogP contribution is 2.27. The normalized spacial score (nSPS) is 11.2. The molecular formula is C18H20N4O3. The molecule has 0 fully saturated rings. The average Bonchev–Trinajstić information content (AvgIpc) is 2.97. The van der Waals surface area contributed by atoms with Crippen LogP contribution in [-0.4, -0.2) is 51.7 Å². The number of fused-ring (bicyclic) bond motifs is 1. The summed E-state index contributed by atoms with van der Waals surface area (Å²) in [5.74, 6) is 0.879. The molecule has 2 heterocycles. The molecule has 0 radical (unpaired) electrons. The summed E-state index contributed by atoms with van der Waals surface area (Å²) in [6.45, 7) is 1.11. The van der Waals surface area contributed by atoms with Crippen molar-refractivity contribution in [3.05, 3.63) is 53.5 Å². The van der Waals surface area contributed by atoms with Gasteiger partial charge in [0, 0.05) is 11.8 Å². The summed E-state index contributed by atoms with van der Waals surface area (Å²) in [5, 5.41) is 9.33. The molecule has 1 aromatic carbocycles. The largest absolute Gasteiger partial charge is 0.495 e. The number of carboxylic acids is 1. The summed E-state index contributed by atoms with van der Waals surface area (Å²) >= 11 is 0. The van der Waals surface area contributed by atoms with Crippen LogP contribution < -0.4 is 4.74 Å². The van der Waals surface area contributed by atoms with Crippen molar-refractivity contribution in [3.63, 3.8) is 0 Å². The first-order valence-electron chi connectivity index (χ1n) is 7.85. The number of nitrogens with zero attached hydrogens (tertiary/aromatic N) is 4. The lowest BCUT2D eigenvalue weighted by atomic mass is 10.1. The molecule has 0 bridgehead atoms. The van der Waals surface area contributed by atoms with Gasteiger partial charge in [-0.05, 0) is 32.3 Å². The van der Waals surface area contributed by atoms with Gasteiger partial charge in [-0.3, -0.25) is 0 Å². The third kappa shape index (κ3) is 3.46. The maximum Gasteiger partial charge on any atom is 0.339 e. The van der Waals surface area contributed by atoms with Crippen molar-refractivity contribution in [3.8, 4) is 17.3 Å². The minimum atomic E-state index is -1.01. The lowest BCUT2D eigenvalue weighted by Gasteiger charge is -2.14. The van der Waals surface area contributed by atoms with Gasteiger partial charge in [0.2, 0.25) is 0 Å². The number of hydrogen-bond donors (Lipinski definition) is 1. The molecule has 0 spiro atoms. The molecule has 0 saturated carbocycles. The average molecular weight is 340 g/mol. The molecule has 0 unspecified atom stereocenters. The molecule has 1 aromatic rings. The Morgan fingerprint density at radius 2 is 2.04 bits per heavy atom. The minimum absolute atomic E-state index is 0.148. The van der Waals surface area contributed by atoms with Crippen LogP contribution in [0.15, 0.2) is 36.5 Å². The predicted molar refractivity (Wildman–Crippen MR) is 93.1 cm³/mol. The van der Waals surface area contributed by atoms with Crippen molar-refractivity contribution in [2.75, 3.05) is 21.2 Å². The third-order valence-electron chi connectivity index (χ3n) is 3.84. The van der Waals surface area contributed by atoms with Crippen molar-refractivity contribution in [1.82, 2.24) is 19.4 Å². The molecule has 2 aliphatic rings. The molecule has 25 heavy (non-hydrogen) atoms. The van der Waals surface area contributed by atoms with Gasteiger partial charge in [0.25, 0.3) is 0 Å².